The third kappa shape index (κ3) is 3.84. The van der Waals surface area contributed by atoms with Crippen LogP contribution in [0.1, 0.15) is 12.5 Å². The van der Waals surface area contributed by atoms with E-state index in [1.54, 1.807) is 7.11 Å². The van der Waals surface area contributed by atoms with E-state index in [0.717, 1.165) is 23.5 Å². The van der Waals surface area contributed by atoms with Gasteiger partial charge >= 0.3 is 0 Å². The highest BCUT2D eigenvalue weighted by atomic mass is 35.5. The van der Waals surface area contributed by atoms with Gasteiger partial charge < -0.3 is 10.1 Å². The summed E-state index contributed by atoms with van der Waals surface area (Å²) >= 11 is 7.97. The van der Waals surface area contributed by atoms with Crippen LogP contribution in [0.2, 0.25) is 5.02 Å². The highest BCUT2D eigenvalue weighted by Crippen LogP contribution is 2.28. The number of halogens is 1. The minimum Gasteiger partial charge on any atom is -0.495 e. The Hall–Kier alpha value is -1.32. The maximum atomic E-state index is 6.14. The van der Waals surface area contributed by atoms with Crippen molar-refractivity contribution in [3.63, 3.8) is 0 Å². The molecule has 20 heavy (non-hydrogen) atoms. The highest BCUT2D eigenvalue weighted by molar-refractivity contribution is 7.99. The van der Waals surface area contributed by atoms with E-state index in [1.165, 1.54) is 4.90 Å². The molecule has 0 radical (unpaired) electrons. The molecule has 0 aromatic heterocycles. The van der Waals surface area contributed by atoms with E-state index in [1.807, 2.05) is 36.0 Å². The number of hydrogen-bond donors (Lipinski definition) is 1. The zero-order chi connectivity index (χ0) is 14.4. The fraction of sp³-hybridized carbons (Fsp3) is 0.250. The quantitative estimate of drug-likeness (QED) is 0.753. The molecule has 4 heteroatoms. The lowest BCUT2D eigenvalue weighted by Crippen LogP contribution is -2.01. The molecule has 0 heterocycles. The molecule has 0 aliphatic rings. The summed E-state index contributed by atoms with van der Waals surface area (Å²) in [6.45, 7) is 2.90. The molecule has 0 atom stereocenters. The van der Waals surface area contributed by atoms with Crippen molar-refractivity contribution in [1.29, 1.82) is 0 Å². The van der Waals surface area contributed by atoms with E-state index in [0.29, 0.717) is 10.8 Å². The number of rotatable bonds is 6. The molecule has 2 nitrogen and oxygen atoms in total. The predicted molar refractivity (Wildman–Crippen MR) is 88.2 cm³/mol. The Labute approximate surface area is 129 Å². The summed E-state index contributed by atoms with van der Waals surface area (Å²) in [4.78, 5) is 1.27. The fourth-order valence-electron chi connectivity index (χ4n) is 1.91. The predicted octanol–water partition coefficient (Wildman–Crippen LogP) is 5.07. The van der Waals surface area contributed by atoms with E-state index < -0.39 is 0 Å². The van der Waals surface area contributed by atoms with Crippen LogP contribution in [0.15, 0.2) is 47.4 Å². The summed E-state index contributed by atoms with van der Waals surface area (Å²) in [6.07, 6.45) is 0. The minimum absolute atomic E-state index is 0.642. The average molecular weight is 308 g/mol. The van der Waals surface area contributed by atoms with Crippen LogP contribution in [-0.2, 0) is 6.54 Å². The number of nitrogens with one attached hydrogen (secondary N) is 1. The number of benzene rings is 2. The Balaban J connectivity index is 2.07. The largest absolute Gasteiger partial charge is 0.495 e. The molecule has 0 spiro atoms. The van der Waals surface area contributed by atoms with Gasteiger partial charge in [-0.05, 0) is 35.6 Å². The van der Waals surface area contributed by atoms with Crippen molar-refractivity contribution in [3.8, 4) is 5.75 Å². The first-order valence-corrected chi connectivity index (χ1v) is 7.89. The number of para-hydroxylation sites is 1. The number of methoxy groups -OCH3 is 1. The molecule has 2 aromatic rings. The number of anilines is 1. The van der Waals surface area contributed by atoms with Crippen LogP contribution in [0.5, 0.6) is 5.75 Å². The fourth-order valence-corrected chi connectivity index (χ4v) is 2.97. The van der Waals surface area contributed by atoms with Crippen LogP contribution < -0.4 is 10.1 Å². The van der Waals surface area contributed by atoms with Gasteiger partial charge in [0.15, 0.2) is 0 Å². The second kappa shape index (κ2) is 7.46. The first-order valence-electron chi connectivity index (χ1n) is 6.52. The monoisotopic (exact) mass is 307 g/mol. The summed E-state index contributed by atoms with van der Waals surface area (Å²) in [6, 6.07) is 14.2. The van der Waals surface area contributed by atoms with Crippen molar-refractivity contribution in [2.45, 2.75) is 18.4 Å². The van der Waals surface area contributed by atoms with E-state index in [-0.39, 0.29) is 0 Å². The average Bonchev–Trinajstić information content (AvgIpc) is 2.47. The van der Waals surface area contributed by atoms with E-state index >= 15 is 0 Å². The molecule has 0 unspecified atom stereocenters. The van der Waals surface area contributed by atoms with Gasteiger partial charge in [0.05, 0.1) is 12.1 Å². The third-order valence-corrected chi connectivity index (χ3v) is 4.14. The Kier molecular flexibility index (Phi) is 5.62. The van der Waals surface area contributed by atoms with Crippen molar-refractivity contribution in [3.05, 3.63) is 53.1 Å². The third-order valence-electron chi connectivity index (χ3n) is 2.89. The van der Waals surface area contributed by atoms with Crippen molar-refractivity contribution in [2.75, 3.05) is 18.2 Å². The number of thioether (sulfide) groups is 1. The van der Waals surface area contributed by atoms with Gasteiger partial charge in [-0.1, -0.05) is 36.7 Å². The smallest absolute Gasteiger partial charge is 0.137 e. The molecule has 0 saturated carbocycles. The number of hydrogen-bond acceptors (Lipinski definition) is 3. The van der Waals surface area contributed by atoms with Crippen LogP contribution >= 0.6 is 23.4 Å². The van der Waals surface area contributed by atoms with Gasteiger partial charge in [0.2, 0.25) is 0 Å². The first-order chi connectivity index (χ1) is 9.74. The van der Waals surface area contributed by atoms with E-state index in [4.69, 9.17) is 16.3 Å². The minimum atomic E-state index is 0.642. The summed E-state index contributed by atoms with van der Waals surface area (Å²) in [7, 11) is 1.62. The van der Waals surface area contributed by atoms with Crippen LogP contribution in [0.25, 0.3) is 0 Å². The van der Waals surface area contributed by atoms with Crippen LogP contribution in [0.3, 0.4) is 0 Å². The topological polar surface area (TPSA) is 21.3 Å². The second-order valence-electron chi connectivity index (χ2n) is 4.25. The summed E-state index contributed by atoms with van der Waals surface area (Å²) in [5.74, 6) is 1.77. The van der Waals surface area contributed by atoms with Crippen LogP contribution in [-0.4, -0.2) is 12.9 Å². The van der Waals surface area contributed by atoms with Gasteiger partial charge in [0.25, 0.3) is 0 Å². The molecule has 0 aliphatic heterocycles. The first kappa shape index (κ1) is 15.1. The highest BCUT2D eigenvalue weighted by Gasteiger charge is 2.04. The second-order valence-corrected chi connectivity index (χ2v) is 5.96. The van der Waals surface area contributed by atoms with Crippen LogP contribution in [0.4, 0.5) is 5.69 Å². The summed E-state index contributed by atoms with van der Waals surface area (Å²) in [5, 5.41) is 4.10. The van der Waals surface area contributed by atoms with Gasteiger partial charge in [0, 0.05) is 17.1 Å². The Bertz CT molecular complexity index is 574. The summed E-state index contributed by atoms with van der Waals surface area (Å²) < 4.78 is 5.16. The van der Waals surface area contributed by atoms with Gasteiger partial charge in [-0.25, -0.2) is 0 Å². The molecule has 2 aromatic carbocycles. The Morgan fingerprint density at radius 3 is 2.70 bits per heavy atom. The molecule has 0 aliphatic carbocycles. The van der Waals surface area contributed by atoms with E-state index in [9.17, 15) is 0 Å². The Morgan fingerprint density at radius 2 is 2.00 bits per heavy atom. The molecule has 0 fully saturated rings. The molecule has 0 saturated heterocycles. The molecular weight excluding hydrogens is 290 g/mol. The molecule has 1 N–H and O–H groups in total. The van der Waals surface area contributed by atoms with Crippen molar-refractivity contribution >= 4 is 29.1 Å². The van der Waals surface area contributed by atoms with Gasteiger partial charge in [-0.2, -0.15) is 0 Å². The molecule has 0 amide bonds. The molecular formula is C16H18ClNOS. The Morgan fingerprint density at radius 1 is 1.20 bits per heavy atom. The van der Waals surface area contributed by atoms with Crippen LogP contribution in [0, 0.1) is 0 Å². The van der Waals surface area contributed by atoms with Crippen molar-refractivity contribution in [2.24, 2.45) is 0 Å². The zero-order valence-electron chi connectivity index (χ0n) is 11.7. The molecule has 0 bridgehead atoms. The van der Waals surface area contributed by atoms with Crippen molar-refractivity contribution in [1.82, 2.24) is 0 Å². The maximum Gasteiger partial charge on any atom is 0.137 e. The SMILES string of the molecule is CCSc1ccccc1NCc1ccc(OC)c(Cl)c1. The molecule has 2 rings (SSSR count). The lowest BCUT2D eigenvalue weighted by atomic mass is 10.2. The van der Waals surface area contributed by atoms with E-state index in [2.05, 4.69) is 30.4 Å². The lowest BCUT2D eigenvalue weighted by molar-refractivity contribution is 0.415. The zero-order valence-corrected chi connectivity index (χ0v) is 13.2. The van der Waals surface area contributed by atoms with Crippen molar-refractivity contribution < 1.29 is 4.74 Å². The lowest BCUT2D eigenvalue weighted by Gasteiger charge is -2.12. The van der Waals surface area contributed by atoms with Gasteiger partial charge in [0.1, 0.15) is 5.75 Å². The van der Waals surface area contributed by atoms with Gasteiger partial charge in [-0.3, -0.25) is 0 Å². The van der Waals surface area contributed by atoms with Gasteiger partial charge in [-0.15, -0.1) is 11.8 Å². The maximum absolute atomic E-state index is 6.14. The standard InChI is InChI=1S/C16H18ClNOS/c1-3-20-16-7-5-4-6-14(16)18-11-12-8-9-15(19-2)13(17)10-12/h4-10,18H,3,11H2,1-2H3. The summed E-state index contributed by atoms with van der Waals surface area (Å²) in [5.41, 5.74) is 2.29. The normalized spacial score (nSPS) is 10.3. The molecule has 106 valence electrons. The number of ether oxygens (including phenoxy) is 1.